The third-order valence-corrected chi connectivity index (χ3v) is 6.09. The first-order valence-electron chi connectivity index (χ1n) is 9.97. The molecule has 2 heterocycles. The van der Waals surface area contributed by atoms with Crippen LogP contribution in [0.3, 0.4) is 0 Å². The summed E-state index contributed by atoms with van der Waals surface area (Å²) in [5.41, 5.74) is 1.98. The first-order valence-corrected chi connectivity index (χ1v) is 9.97. The Morgan fingerprint density at radius 2 is 1.77 bits per heavy atom. The predicted molar refractivity (Wildman–Crippen MR) is 100 cm³/mol. The number of nitrogens with zero attached hydrogens (tertiary/aromatic N) is 4. The molecular weight excluding hydrogens is 324 g/mol. The maximum Gasteiger partial charge on any atom is 0.225 e. The van der Waals surface area contributed by atoms with Gasteiger partial charge in [0.2, 0.25) is 5.91 Å². The molecule has 3 fully saturated rings. The van der Waals surface area contributed by atoms with Crippen molar-refractivity contribution in [1.82, 2.24) is 14.7 Å². The Hall–Kier alpha value is -1.90. The lowest BCUT2D eigenvalue weighted by molar-refractivity contribution is -0.134. The molecule has 0 bridgehead atoms. The number of carbonyl (C=O) groups excluding carboxylic acids is 1. The summed E-state index contributed by atoms with van der Waals surface area (Å²) >= 11 is 0. The highest BCUT2D eigenvalue weighted by atomic mass is 16.2. The number of amides is 1. The van der Waals surface area contributed by atoms with Crippen molar-refractivity contribution in [2.45, 2.75) is 38.3 Å². The number of hydrogen-bond donors (Lipinski definition) is 0. The molecule has 5 nitrogen and oxygen atoms in total. The Kier molecular flexibility index (Phi) is 5.23. The van der Waals surface area contributed by atoms with Crippen LogP contribution in [0.1, 0.15) is 36.8 Å². The number of nitriles is 1. The highest BCUT2D eigenvalue weighted by Crippen LogP contribution is 2.31. The second-order valence-electron chi connectivity index (χ2n) is 7.96. The van der Waals surface area contributed by atoms with Crippen LogP contribution < -0.4 is 0 Å². The van der Waals surface area contributed by atoms with Crippen molar-refractivity contribution in [3.63, 3.8) is 0 Å². The molecule has 2 saturated heterocycles. The summed E-state index contributed by atoms with van der Waals surface area (Å²) in [4.78, 5) is 19.4. The number of piperidine rings is 1. The molecule has 26 heavy (non-hydrogen) atoms. The fourth-order valence-electron chi connectivity index (χ4n) is 4.34. The van der Waals surface area contributed by atoms with Crippen molar-refractivity contribution in [3.8, 4) is 6.07 Å². The van der Waals surface area contributed by atoms with Crippen LogP contribution in [0, 0.1) is 17.2 Å². The van der Waals surface area contributed by atoms with Crippen LogP contribution in [0.4, 0.5) is 0 Å². The molecule has 2 aliphatic heterocycles. The van der Waals surface area contributed by atoms with Gasteiger partial charge >= 0.3 is 0 Å². The number of carbonyl (C=O) groups is 1. The number of likely N-dealkylation sites (tertiary alicyclic amines) is 1. The van der Waals surface area contributed by atoms with Crippen LogP contribution in [0.2, 0.25) is 0 Å². The molecule has 0 spiro atoms. The summed E-state index contributed by atoms with van der Waals surface area (Å²) in [6.07, 6.45) is 4.62. The number of piperazine rings is 1. The molecule has 0 atom stereocenters. The number of rotatable bonds is 4. The SMILES string of the molecule is N#Cc1cccc(CN2CCC(N3CCN(C(=O)C4CC4)CC3)CC2)c1. The van der Waals surface area contributed by atoms with Gasteiger partial charge < -0.3 is 4.90 Å². The van der Waals surface area contributed by atoms with Crippen molar-refractivity contribution in [2.24, 2.45) is 5.92 Å². The fraction of sp³-hybridized carbons (Fsp3) is 0.619. The zero-order chi connectivity index (χ0) is 17.9. The number of benzene rings is 1. The largest absolute Gasteiger partial charge is 0.340 e. The monoisotopic (exact) mass is 352 g/mol. The summed E-state index contributed by atoms with van der Waals surface area (Å²) in [5, 5.41) is 9.04. The zero-order valence-corrected chi connectivity index (χ0v) is 15.4. The Labute approximate surface area is 156 Å². The molecule has 0 N–H and O–H groups in total. The summed E-state index contributed by atoms with van der Waals surface area (Å²) in [7, 11) is 0. The second kappa shape index (κ2) is 7.77. The Morgan fingerprint density at radius 3 is 2.42 bits per heavy atom. The van der Waals surface area contributed by atoms with Gasteiger partial charge in [0.15, 0.2) is 0 Å². The van der Waals surface area contributed by atoms with Gasteiger partial charge in [-0.1, -0.05) is 12.1 Å². The van der Waals surface area contributed by atoms with Crippen LogP contribution in [0.25, 0.3) is 0 Å². The Bertz CT molecular complexity index is 677. The maximum absolute atomic E-state index is 12.2. The molecule has 1 aliphatic carbocycles. The molecule has 1 aromatic rings. The maximum atomic E-state index is 12.2. The van der Waals surface area contributed by atoms with Gasteiger partial charge in [0, 0.05) is 44.7 Å². The van der Waals surface area contributed by atoms with E-state index in [1.807, 2.05) is 18.2 Å². The number of hydrogen-bond acceptors (Lipinski definition) is 4. The minimum absolute atomic E-state index is 0.351. The van der Waals surface area contributed by atoms with Crippen LogP contribution in [-0.4, -0.2) is 65.9 Å². The Morgan fingerprint density at radius 1 is 1.04 bits per heavy atom. The van der Waals surface area contributed by atoms with Crippen LogP contribution in [0.15, 0.2) is 24.3 Å². The topological polar surface area (TPSA) is 50.6 Å². The molecule has 138 valence electrons. The highest BCUT2D eigenvalue weighted by molar-refractivity contribution is 5.81. The molecule has 0 radical (unpaired) electrons. The standard InChI is InChI=1S/C21H28N4O/c22-15-17-2-1-3-18(14-17)16-23-8-6-20(7-9-23)24-10-12-25(13-11-24)21(26)19-4-5-19/h1-3,14,19-20H,4-13,16H2. The predicted octanol–water partition coefficient (Wildman–Crippen LogP) is 2.08. The van der Waals surface area contributed by atoms with Gasteiger partial charge in [-0.3, -0.25) is 14.6 Å². The van der Waals surface area contributed by atoms with E-state index in [2.05, 4.69) is 26.8 Å². The normalized spacial score (nSPS) is 23.0. The molecule has 4 rings (SSSR count). The quantitative estimate of drug-likeness (QED) is 0.832. The van der Waals surface area contributed by atoms with Crippen molar-refractivity contribution in [2.75, 3.05) is 39.3 Å². The van der Waals surface area contributed by atoms with E-state index in [9.17, 15) is 4.79 Å². The van der Waals surface area contributed by atoms with Crippen LogP contribution in [-0.2, 0) is 11.3 Å². The van der Waals surface area contributed by atoms with Crippen molar-refractivity contribution >= 4 is 5.91 Å². The molecular formula is C21H28N4O. The first kappa shape index (κ1) is 17.5. The van der Waals surface area contributed by atoms with Gasteiger partial charge in [-0.2, -0.15) is 5.26 Å². The van der Waals surface area contributed by atoms with Gasteiger partial charge in [0.05, 0.1) is 11.6 Å². The van der Waals surface area contributed by atoms with Crippen LogP contribution in [0.5, 0.6) is 0 Å². The van der Waals surface area contributed by atoms with Gasteiger partial charge in [0.25, 0.3) is 0 Å². The van der Waals surface area contributed by atoms with Gasteiger partial charge in [-0.05, 0) is 56.5 Å². The third-order valence-electron chi connectivity index (χ3n) is 6.09. The molecule has 1 aromatic carbocycles. The van der Waals surface area contributed by atoms with E-state index < -0.39 is 0 Å². The molecule has 1 saturated carbocycles. The zero-order valence-electron chi connectivity index (χ0n) is 15.4. The van der Waals surface area contributed by atoms with E-state index in [0.29, 0.717) is 17.9 Å². The van der Waals surface area contributed by atoms with E-state index in [4.69, 9.17) is 5.26 Å². The van der Waals surface area contributed by atoms with Crippen molar-refractivity contribution < 1.29 is 4.79 Å². The first-order chi connectivity index (χ1) is 12.7. The Balaban J connectivity index is 1.22. The average molecular weight is 352 g/mol. The lowest BCUT2D eigenvalue weighted by atomic mass is 10.0. The van der Waals surface area contributed by atoms with Gasteiger partial charge in [-0.15, -0.1) is 0 Å². The fourth-order valence-corrected chi connectivity index (χ4v) is 4.34. The lowest BCUT2D eigenvalue weighted by Crippen LogP contribution is -2.54. The molecule has 3 aliphatic rings. The summed E-state index contributed by atoms with van der Waals surface area (Å²) in [6, 6.07) is 10.8. The molecule has 5 heteroatoms. The molecule has 0 aromatic heterocycles. The minimum Gasteiger partial charge on any atom is -0.340 e. The van der Waals surface area contributed by atoms with Crippen molar-refractivity contribution in [1.29, 1.82) is 5.26 Å². The lowest BCUT2D eigenvalue weighted by Gasteiger charge is -2.43. The van der Waals surface area contributed by atoms with Crippen molar-refractivity contribution in [3.05, 3.63) is 35.4 Å². The van der Waals surface area contributed by atoms with E-state index in [1.165, 1.54) is 18.4 Å². The summed E-state index contributed by atoms with van der Waals surface area (Å²) in [6.45, 7) is 7.06. The molecule has 0 unspecified atom stereocenters. The summed E-state index contributed by atoms with van der Waals surface area (Å²) < 4.78 is 0. The second-order valence-corrected chi connectivity index (χ2v) is 7.96. The van der Waals surface area contributed by atoms with Crippen LogP contribution >= 0.6 is 0 Å². The van der Waals surface area contributed by atoms with E-state index in [1.54, 1.807) is 0 Å². The van der Waals surface area contributed by atoms with E-state index >= 15 is 0 Å². The average Bonchev–Trinajstić information content (AvgIpc) is 3.54. The molecule has 1 amide bonds. The van der Waals surface area contributed by atoms with Gasteiger partial charge in [0.1, 0.15) is 0 Å². The smallest absolute Gasteiger partial charge is 0.225 e. The third kappa shape index (κ3) is 4.08. The van der Waals surface area contributed by atoms with E-state index in [0.717, 1.165) is 64.2 Å². The summed E-state index contributed by atoms with van der Waals surface area (Å²) in [5.74, 6) is 0.753. The minimum atomic E-state index is 0.351. The highest BCUT2D eigenvalue weighted by Gasteiger charge is 2.35. The van der Waals surface area contributed by atoms with E-state index in [-0.39, 0.29) is 0 Å². The van der Waals surface area contributed by atoms with Gasteiger partial charge in [-0.25, -0.2) is 0 Å².